The second-order valence-corrected chi connectivity index (χ2v) is 4.71. The van der Waals surface area contributed by atoms with Gasteiger partial charge >= 0.3 is 0 Å². The second kappa shape index (κ2) is 4.13. The summed E-state index contributed by atoms with van der Waals surface area (Å²) in [6, 6.07) is 9.25. The first-order valence-electron chi connectivity index (χ1n) is 5.71. The predicted octanol–water partition coefficient (Wildman–Crippen LogP) is 2.96. The van der Waals surface area contributed by atoms with Crippen molar-refractivity contribution in [2.45, 2.75) is 25.8 Å². The Hall–Kier alpha value is -1.18. The van der Waals surface area contributed by atoms with Crippen LogP contribution in [0.2, 0.25) is 0 Å². The van der Waals surface area contributed by atoms with Crippen LogP contribution in [0.25, 0.3) is 0 Å². The Labute approximate surface area is 92.3 Å². The molecule has 1 N–H and O–H groups in total. The molecule has 0 radical (unpaired) electrons. The Morgan fingerprint density at radius 2 is 1.80 bits per heavy atom. The van der Waals surface area contributed by atoms with E-state index in [1.165, 1.54) is 24.2 Å². The molecule has 0 bridgehead atoms. The standard InChI is InChI=1S/C13H20N2/c1-10(11-4-5-11)14-12-6-8-13(9-7-12)15(2)3/h6-11,14H,4-5H2,1-3H3. The van der Waals surface area contributed by atoms with Crippen LogP contribution < -0.4 is 10.2 Å². The average molecular weight is 204 g/mol. The highest BCUT2D eigenvalue weighted by atomic mass is 15.1. The van der Waals surface area contributed by atoms with E-state index in [9.17, 15) is 0 Å². The zero-order chi connectivity index (χ0) is 10.8. The van der Waals surface area contributed by atoms with E-state index in [2.05, 4.69) is 55.5 Å². The quantitative estimate of drug-likeness (QED) is 0.811. The monoisotopic (exact) mass is 204 g/mol. The molecule has 2 nitrogen and oxygen atoms in total. The van der Waals surface area contributed by atoms with Gasteiger partial charge in [-0.1, -0.05) is 0 Å². The molecule has 0 aliphatic heterocycles. The summed E-state index contributed by atoms with van der Waals surface area (Å²) in [5, 5.41) is 3.55. The molecule has 1 saturated carbocycles. The minimum atomic E-state index is 0.621. The first kappa shape index (κ1) is 10.3. The maximum atomic E-state index is 3.55. The molecule has 1 atom stereocenters. The summed E-state index contributed by atoms with van der Waals surface area (Å²) in [6.07, 6.45) is 2.79. The molecule has 0 spiro atoms. The molecule has 1 unspecified atom stereocenters. The van der Waals surface area contributed by atoms with Crippen LogP contribution in [-0.4, -0.2) is 20.1 Å². The summed E-state index contributed by atoms with van der Waals surface area (Å²) in [4.78, 5) is 2.12. The van der Waals surface area contributed by atoms with E-state index in [1.807, 2.05) is 0 Å². The summed E-state index contributed by atoms with van der Waals surface area (Å²) in [6.45, 7) is 2.28. The first-order valence-corrected chi connectivity index (χ1v) is 5.71. The van der Waals surface area contributed by atoms with Crippen LogP contribution >= 0.6 is 0 Å². The van der Waals surface area contributed by atoms with Gasteiger partial charge in [0.15, 0.2) is 0 Å². The SMILES string of the molecule is CC(Nc1ccc(N(C)C)cc1)C1CC1. The average Bonchev–Trinajstić information content (AvgIpc) is 3.01. The van der Waals surface area contributed by atoms with Crippen molar-refractivity contribution in [3.05, 3.63) is 24.3 Å². The number of nitrogens with zero attached hydrogens (tertiary/aromatic N) is 1. The van der Waals surface area contributed by atoms with Crippen molar-refractivity contribution < 1.29 is 0 Å². The van der Waals surface area contributed by atoms with Crippen molar-refractivity contribution in [2.75, 3.05) is 24.3 Å². The molecule has 0 heterocycles. The van der Waals surface area contributed by atoms with E-state index in [0.717, 1.165) is 5.92 Å². The largest absolute Gasteiger partial charge is 0.382 e. The number of hydrogen-bond acceptors (Lipinski definition) is 2. The lowest BCUT2D eigenvalue weighted by atomic mass is 10.2. The molecule has 1 aromatic rings. The van der Waals surface area contributed by atoms with E-state index in [4.69, 9.17) is 0 Å². The van der Waals surface area contributed by atoms with Gasteiger partial charge in [-0.2, -0.15) is 0 Å². The molecular formula is C13H20N2. The lowest BCUT2D eigenvalue weighted by Crippen LogP contribution is -2.17. The van der Waals surface area contributed by atoms with Gasteiger partial charge in [0.1, 0.15) is 0 Å². The van der Waals surface area contributed by atoms with Gasteiger partial charge < -0.3 is 10.2 Å². The number of benzene rings is 1. The third kappa shape index (κ3) is 2.65. The first-order chi connectivity index (χ1) is 7.16. The van der Waals surface area contributed by atoms with Crippen LogP contribution in [0.3, 0.4) is 0 Å². The van der Waals surface area contributed by atoms with Gasteiger partial charge in [0, 0.05) is 31.5 Å². The lowest BCUT2D eigenvalue weighted by Gasteiger charge is -2.16. The van der Waals surface area contributed by atoms with Crippen molar-refractivity contribution in [1.29, 1.82) is 0 Å². The Morgan fingerprint density at radius 1 is 1.20 bits per heavy atom. The molecule has 1 aliphatic carbocycles. The molecule has 2 heteroatoms. The lowest BCUT2D eigenvalue weighted by molar-refractivity contribution is 0.694. The maximum absolute atomic E-state index is 3.55. The van der Waals surface area contributed by atoms with E-state index in [-0.39, 0.29) is 0 Å². The molecule has 0 amide bonds. The smallest absolute Gasteiger partial charge is 0.0362 e. The van der Waals surface area contributed by atoms with Crippen LogP contribution in [0.1, 0.15) is 19.8 Å². The molecule has 1 fully saturated rings. The van der Waals surface area contributed by atoms with Gasteiger partial charge in [0.05, 0.1) is 0 Å². The number of anilines is 2. The second-order valence-electron chi connectivity index (χ2n) is 4.71. The van der Waals surface area contributed by atoms with Crippen molar-refractivity contribution >= 4 is 11.4 Å². The third-order valence-corrected chi connectivity index (χ3v) is 3.11. The van der Waals surface area contributed by atoms with Gasteiger partial charge in [0.2, 0.25) is 0 Å². The Kier molecular flexibility index (Phi) is 2.85. The van der Waals surface area contributed by atoms with Gasteiger partial charge in [0.25, 0.3) is 0 Å². The highest BCUT2D eigenvalue weighted by Gasteiger charge is 2.27. The summed E-state index contributed by atoms with van der Waals surface area (Å²) in [7, 11) is 4.13. The van der Waals surface area contributed by atoms with Crippen LogP contribution in [0.5, 0.6) is 0 Å². The van der Waals surface area contributed by atoms with Gasteiger partial charge in [-0.05, 0) is 49.9 Å². The number of hydrogen-bond donors (Lipinski definition) is 1. The fraction of sp³-hybridized carbons (Fsp3) is 0.538. The molecular weight excluding hydrogens is 184 g/mol. The Bertz CT molecular complexity index is 312. The minimum absolute atomic E-state index is 0.621. The highest BCUT2D eigenvalue weighted by molar-refractivity contribution is 5.54. The zero-order valence-corrected chi connectivity index (χ0v) is 9.83. The van der Waals surface area contributed by atoms with Crippen LogP contribution in [0.4, 0.5) is 11.4 Å². The minimum Gasteiger partial charge on any atom is -0.382 e. The number of nitrogens with one attached hydrogen (secondary N) is 1. The summed E-state index contributed by atoms with van der Waals surface area (Å²) in [5.41, 5.74) is 2.49. The molecule has 0 aromatic heterocycles. The molecule has 2 rings (SSSR count). The fourth-order valence-corrected chi connectivity index (χ4v) is 1.83. The Morgan fingerprint density at radius 3 is 2.27 bits per heavy atom. The molecule has 0 saturated heterocycles. The fourth-order valence-electron chi connectivity index (χ4n) is 1.83. The van der Waals surface area contributed by atoms with Crippen molar-refractivity contribution in [2.24, 2.45) is 5.92 Å². The number of rotatable bonds is 4. The zero-order valence-electron chi connectivity index (χ0n) is 9.83. The van der Waals surface area contributed by atoms with Gasteiger partial charge in [-0.25, -0.2) is 0 Å². The predicted molar refractivity (Wildman–Crippen MR) is 66.6 cm³/mol. The molecule has 82 valence electrons. The van der Waals surface area contributed by atoms with E-state index in [1.54, 1.807) is 0 Å². The third-order valence-electron chi connectivity index (χ3n) is 3.11. The highest BCUT2D eigenvalue weighted by Crippen LogP contribution is 2.34. The molecule has 1 aliphatic rings. The van der Waals surface area contributed by atoms with Crippen LogP contribution in [0.15, 0.2) is 24.3 Å². The van der Waals surface area contributed by atoms with Crippen molar-refractivity contribution in [3.63, 3.8) is 0 Å². The maximum Gasteiger partial charge on any atom is 0.0362 e. The van der Waals surface area contributed by atoms with Crippen molar-refractivity contribution in [1.82, 2.24) is 0 Å². The summed E-state index contributed by atoms with van der Waals surface area (Å²) < 4.78 is 0. The van der Waals surface area contributed by atoms with Crippen molar-refractivity contribution in [3.8, 4) is 0 Å². The topological polar surface area (TPSA) is 15.3 Å². The normalized spacial score (nSPS) is 17.3. The molecule has 15 heavy (non-hydrogen) atoms. The summed E-state index contributed by atoms with van der Waals surface area (Å²) in [5.74, 6) is 0.901. The Balaban J connectivity index is 1.97. The van der Waals surface area contributed by atoms with E-state index in [0.29, 0.717) is 6.04 Å². The molecule has 1 aromatic carbocycles. The van der Waals surface area contributed by atoms with E-state index >= 15 is 0 Å². The van der Waals surface area contributed by atoms with Gasteiger partial charge in [-0.3, -0.25) is 0 Å². The van der Waals surface area contributed by atoms with Crippen LogP contribution in [0, 0.1) is 5.92 Å². The van der Waals surface area contributed by atoms with Gasteiger partial charge in [-0.15, -0.1) is 0 Å². The van der Waals surface area contributed by atoms with E-state index < -0.39 is 0 Å². The van der Waals surface area contributed by atoms with Crippen LogP contribution in [-0.2, 0) is 0 Å². The summed E-state index contributed by atoms with van der Waals surface area (Å²) >= 11 is 0.